The van der Waals surface area contributed by atoms with Crippen LogP contribution in [0.4, 0.5) is 0 Å². The van der Waals surface area contributed by atoms with Crippen LogP contribution in [0.3, 0.4) is 0 Å². The number of nitrogens with one attached hydrogen (secondary N) is 1. The van der Waals surface area contributed by atoms with Crippen molar-refractivity contribution in [1.82, 2.24) is 15.1 Å². The predicted octanol–water partition coefficient (Wildman–Crippen LogP) is 2.75. The van der Waals surface area contributed by atoms with Gasteiger partial charge in [0.2, 0.25) is 0 Å². The van der Waals surface area contributed by atoms with Gasteiger partial charge in [-0.05, 0) is 26.0 Å². The maximum Gasteiger partial charge on any atom is 0.123 e. The van der Waals surface area contributed by atoms with Crippen LogP contribution in [0.1, 0.15) is 30.2 Å². The monoisotopic (exact) mass is 273 g/mol. The van der Waals surface area contributed by atoms with E-state index in [4.69, 9.17) is 4.74 Å². The number of aromatic nitrogens is 2. The van der Waals surface area contributed by atoms with Crippen LogP contribution in [-0.4, -0.2) is 23.4 Å². The van der Waals surface area contributed by atoms with E-state index in [9.17, 15) is 0 Å². The number of para-hydroxylation sites is 1. The summed E-state index contributed by atoms with van der Waals surface area (Å²) >= 11 is 0. The number of methoxy groups -OCH3 is 1. The van der Waals surface area contributed by atoms with Gasteiger partial charge < -0.3 is 10.1 Å². The fraction of sp³-hybridized carbons (Fsp3) is 0.438. The van der Waals surface area contributed by atoms with E-state index in [-0.39, 0.29) is 0 Å². The Balaban J connectivity index is 2.10. The zero-order valence-electron chi connectivity index (χ0n) is 12.5. The van der Waals surface area contributed by atoms with E-state index in [2.05, 4.69) is 30.3 Å². The van der Waals surface area contributed by atoms with E-state index < -0.39 is 0 Å². The van der Waals surface area contributed by atoms with Crippen molar-refractivity contribution in [1.29, 1.82) is 0 Å². The second kappa shape index (κ2) is 7.10. The van der Waals surface area contributed by atoms with E-state index in [1.54, 1.807) is 7.11 Å². The molecule has 0 bridgehead atoms. The van der Waals surface area contributed by atoms with Crippen LogP contribution < -0.4 is 10.1 Å². The fourth-order valence-electron chi connectivity index (χ4n) is 2.21. The van der Waals surface area contributed by atoms with Crippen LogP contribution in [0.5, 0.6) is 5.75 Å². The maximum atomic E-state index is 5.39. The second-order valence-corrected chi connectivity index (χ2v) is 4.90. The normalized spacial score (nSPS) is 10.8. The zero-order valence-corrected chi connectivity index (χ0v) is 12.5. The van der Waals surface area contributed by atoms with Crippen LogP contribution in [0.2, 0.25) is 0 Å². The van der Waals surface area contributed by atoms with Crippen molar-refractivity contribution in [3.8, 4) is 5.75 Å². The van der Waals surface area contributed by atoms with Crippen LogP contribution in [0, 0.1) is 6.92 Å². The van der Waals surface area contributed by atoms with E-state index >= 15 is 0 Å². The lowest BCUT2D eigenvalue weighted by atomic mass is 10.2. The summed E-state index contributed by atoms with van der Waals surface area (Å²) < 4.78 is 7.42. The standard InChI is InChI=1S/C16H23N3O/c1-4-9-17-10-15-11-18-19(13(15)2)12-14-7-5-6-8-16(14)20-3/h5-8,11,17H,4,9-10,12H2,1-3H3. The minimum absolute atomic E-state index is 0.740. The molecule has 0 radical (unpaired) electrons. The Morgan fingerprint density at radius 3 is 2.80 bits per heavy atom. The third-order valence-corrected chi connectivity index (χ3v) is 3.46. The lowest BCUT2D eigenvalue weighted by Gasteiger charge is -2.10. The van der Waals surface area contributed by atoms with E-state index in [1.807, 2.05) is 29.1 Å². The first-order valence-electron chi connectivity index (χ1n) is 7.10. The summed E-state index contributed by atoms with van der Waals surface area (Å²) in [5.74, 6) is 0.910. The van der Waals surface area contributed by atoms with Gasteiger partial charge in [-0.2, -0.15) is 5.10 Å². The highest BCUT2D eigenvalue weighted by Crippen LogP contribution is 2.19. The summed E-state index contributed by atoms with van der Waals surface area (Å²) in [4.78, 5) is 0. The van der Waals surface area contributed by atoms with Crippen molar-refractivity contribution in [3.05, 3.63) is 47.3 Å². The Hall–Kier alpha value is -1.81. The highest BCUT2D eigenvalue weighted by Gasteiger charge is 2.08. The Labute approximate surface area is 120 Å². The van der Waals surface area contributed by atoms with E-state index in [0.717, 1.165) is 37.4 Å². The Morgan fingerprint density at radius 1 is 1.25 bits per heavy atom. The van der Waals surface area contributed by atoms with Gasteiger partial charge in [-0.15, -0.1) is 0 Å². The summed E-state index contributed by atoms with van der Waals surface area (Å²) in [6.07, 6.45) is 3.10. The minimum atomic E-state index is 0.740. The third kappa shape index (κ3) is 3.39. The van der Waals surface area contributed by atoms with Gasteiger partial charge in [-0.3, -0.25) is 4.68 Å². The number of hydrogen-bond acceptors (Lipinski definition) is 3. The lowest BCUT2D eigenvalue weighted by Crippen LogP contribution is -2.14. The quantitative estimate of drug-likeness (QED) is 0.788. The largest absolute Gasteiger partial charge is 0.496 e. The van der Waals surface area contributed by atoms with Gasteiger partial charge in [0.05, 0.1) is 19.9 Å². The predicted molar refractivity (Wildman–Crippen MR) is 81.1 cm³/mol. The molecular weight excluding hydrogens is 250 g/mol. The number of ether oxygens (including phenoxy) is 1. The molecule has 1 N–H and O–H groups in total. The van der Waals surface area contributed by atoms with E-state index in [1.165, 1.54) is 11.3 Å². The highest BCUT2D eigenvalue weighted by molar-refractivity contribution is 5.33. The molecule has 0 aliphatic carbocycles. The average Bonchev–Trinajstić information content (AvgIpc) is 2.81. The summed E-state index contributed by atoms with van der Waals surface area (Å²) in [7, 11) is 1.70. The van der Waals surface area contributed by atoms with Crippen molar-refractivity contribution in [2.24, 2.45) is 0 Å². The van der Waals surface area contributed by atoms with E-state index in [0.29, 0.717) is 0 Å². The molecule has 0 amide bonds. The summed E-state index contributed by atoms with van der Waals surface area (Å²) in [6, 6.07) is 8.08. The molecule has 0 spiro atoms. The number of hydrogen-bond donors (Lipinski definition) is 1. The Kier molecular flexibility index (Phi) is 5.18. The molecule has 4 nitrogen and oxygen atoms in total. The lowest BCUT2D eigenvalue weighted by molar-refractivity contribution is 0.407. The minimum Gasteiger partial charge on any atom is -0.496 e. The molecule has 4 heteroatoms. The third-order valence-electron chi connectivity index (χ3n) is 3.46. The number of benzene rings is 1. The molecule has 0 saturated heterocycles. The molecule has 1 aromatic heterocycles. The maximum absolute atomic E-state index is 5.39. The number of nitrogens with zero attached hydrogens (tertiary/aromatic N) is 2. The van der Waals surface area contributed by atoms with Gasteiger partial charge >= 0.3 is 0 Å². The van der Waals surface area contributed by atoms with Crippen molar-refractivity contribution in [3.63, 3.8) is 0 Å². The van der Waals surface area contributed by atoms with Gasteiger partial charge in [0.15, 0.2) is 0 Å². The smallest absolute Gasteiger partial charge is 0.123 e. The van der Waals surface area contributed by atoms with Gasteiger partial charge in [0, 0.05) is 23.4 Å². The van der Waals surface area contributed by atoms with Crippen LogP contribution >= 0.6 is 0 Å². The summed E-state index contributed by atoms with van der Waals surface area (Å²) in [6.45, 7) is 6.95. The first-order chi connectivity index (χ1) is 9.76. The fourth-order valence-corrected chi connectivity index (χ4v) is 2.21. The van der Waals surface area contributed by atoms with Gasteiger partial charge in [-0.25, -0.2) is 0 Å². The molecule has 1 aromatic carbocycles. The van der Waals surface area contributed by atoms with Gasteiger partial charge in [0.1, 0.15) is 5.75 Å². The molecular formula is C16H23N3O. The first-order valence-corrected chi connectivity index (χ1v) is 7.10. The molecule has 2 aromatic rings. The first kappa shape index (κ1) is 14.6. The summed E-state index contributed by atoms with van der Waals surface area (Å²) in [5, 5.41) is 7.90. The molecule has 20 heavy (non-hydrogen) atoms. The van der Waals surface area contributed by atoms with Crippen LogP contribution in [0.15, 0.2) is 30.5 Å². The van der Waals surface area contributed by atoms with Gasteiger partial charge in [0.25, 0.3) is 0 Å². The van der Waals surface area contributed by atoms with Crippen molar-refractivity contribution >= 4 is 0 Å². The Bertz CT molecular complexity index is 548. The molecule has 108 valence electrons. The zero-order chi connectivity index (χ0) is 14.4. The molecule has 0 aliphatic rings. The molecule has 0 saturated carbocycles. The highest BCUT2D eigenvalue weighted by atomic mass is 16.5. The number of rotatable bonds is 7. The summed E-state index contributed by atoms with van der Waals surface area (Å²) in [5.41, 5.74) is 3.61. The van der Waals surface area contributed by atoms with Crippen LogP contribution in [-0.2, 0) is 13.1 Å². The van der Waals surface area contributed by atoms with Gasteiger partial charge in [-0.1, -0.05) is 25.1 Å². The SMILES string of the molecule is CCCNCc1cnn(Cc2ccccc2OC)c1C. The average molecular weight is 273 g/mol. The van der Waals surface area contributed by atoms with Crippen molar-refractivity contribution < 1.29 is 4.74 Å². The van der Waals surface area contributed by atoms with Crippen molar-refractivity contribution in [2.75, 3.05) is 13.7 Å². The molecule has 0 aliphatic heterocycles. The van der Waals surface area contributed by atoms with Crippen molar-refractivity contribution in [2.45, 2.75) is 33.4 Å². The van der Waals surface area contributed by atoms with Crippen LogP contribution in [0.25, 0.3) is 0 Å². The topological polar surface area (TPSA) is 39.1 Å². The second-order valence-electron chi connectivity index (χ2n) is 4.90. The molecule has 2 rings (SSSR count). The molecule has 1 heterocycles. The molecule has 0 unspecified atom stereocenters. The molecule has 0 fully saturated rings. The molecule has 0 atom stereocenters. The Morgan fingerprint density at radius 2 is 2.05 bits per heavy atom.